The zero-order valence-corrected chi connectivity index (χ0v) is 16.0. The summed E-state index contributed by atoms with van der Waals surface area (Å²) in [5.41, 5.74) is 0. The van der Waals surface area contributed by atoms with E-state index < -0.39 is 36.6 Å². The molecule has 0 heterocycles. The fourth-order valence-electron chi connectivity index (χ4n) is 5.14. The maximum Gasteiger partial charge on any atom is 0.358 e. The van der Waals surface area contributed by atoms with Crippen LogP contribution in [0.2, 0.25) is 0 Å². The molecule has 0 aliphatic heterocycles. The number of hydrogen-bond donors (Lipinski definition) is 0. The molecule has 28 heavy (non-hydrogen) atoms. The zero-order chi connectivity index (χ0) is 18.9. The van der Waals surface area contributed by atoms with Crippen molar-refractivity contribution >= 4 is 0 Å². The van der Waals surface area contributed by atoms with Gasteiger partial charge in [-0.15, -0.1) is 0 Å². The average molecular weight is 421 g/mol. The van der Waals surface area contributed by atoms with Crippen LogP contribution >= 0.6 is 0 Å². The summed E-state index contributed by atoms with van der Waals surface area (Å²) in [6.45, 7) is 2.09. The topological polar surface area (TPSA) is 40.7 Å². The molecule has 0 saturated heterocycles. The molecule has 0 aromatic carbocycles. The molecule has 2 nitrogen and oxygen atoms in total. The lowest BCUT2D eigenvalue weighted by atomic mass is 9.71. The van der Waals surface area contributed by atoms with Crippen LogP contribution < -0.4 is 0 Å². The molecule has 2 N–H and O–H groups in total. The normalized spacial score (nSPS) is 42.2. The summed E-state index contributed by atoms with van der Waals surface area (Å²) in [7, 11) is 0. The van der Waals surface area contributed by atoms with Crippen molar-refractivity contribution in [3.63, 3.8) is 0 Å². The summed E-state index contributed by atoms with van der Waals surface area (Å²) in [4.78, 5) is 0. The molecule has 7 heteroatoms. The highest BCUT2D eigenvalue weighted by atomic mass is 19.3. The monoisotopic (exact) mass is 420 g/mol. The minimum Gasteiger partial charge on any atom is -0.412 e. The minimum absolute atomic E-state index is 0. The molecular formula is C21H41F5O2. The fraction of sp³-hybridized carbons (Fsp3) is 1.00. The molecule has 3 fully saturated rings. The van der Waals surface area contributed by atoms with E-state index in [1.165, 1.54) is 0 Å². The second kappa shape index (κ2) is 10.6. The van der Waals surface area contributed by atoms with E-state index in [2.05, 4.69) is 6.92 Å². The second-order valence-electron chi connectivity index (χ2n) is 8.88. The molecule has 0 bridgehead atoms. The van der Waals surface area contributed by atoms with Crippen molar-refractivity contribution in [3.8, 4) is 0 Å². The highest BCUT2D eigenvalue weighted by Gasteiger charge is 2.46. The maximum absolute atomic E-state index is 14.5. The lowest BCUT2D eigenvalue weighted by Gasteiger charge is -2.40. The van der Waals surface area contributed by atoms with E-state index in [-0.39, 0.29) is 40.4 Å². The van der Waals surface area contributed by atoms with E-state index in [9.17, 15) is 22.0 Å². The van der Waals surface area contributed by atoms with Crippen LogP contribution in [0.3, 0.4) is 0 Å². The second-order valence-corrected chi connectivity index (χ2v) is 8.88. The van der Waals surface area contributed by atoms with Gasteiger partial charge in [-0.25, -0.2) is 13.2 Å². The molecule has 172 valence electrons. The first kappa shape index (κ1) is 25.6. The summed E-state index contributed by atoms with van der Waals surface area (Å²) < 4.78 is 74.7. The van der Waals surface area contributed by atoms with Gasteiger partial charge in [-0.3, -0.25) is 0 Å². The van der Waals surface area contributed by atoms with Crippen LogP contribution in [-0.2, 0) is 4.74 Å². The fourth-order valence-corrected chi connectivity index (χ4v) is 5.14. The number of hydrogen-bond acceptors (Lipinski definition) is 1. The van der Waals surface area contributed by atoms with Crippen LogP contribution in [0.4, 0.5) is 22.0 Å². The Morgan fingerprint density at radius 2 is 1.29 bits per heavy atom. The number of halogens is 5. The van der Waals surface area contributed by atoms with E-state index in [0.29, 0.717) is 44.4 Å². The summed E-state index contributed by atoms with van der Waals surface area (Å²) >= 11 is 0. The van der Waals surface area contributed by atoms with Crippen molar-refractivity contribution in [2.75, 3.05) is 0 Å². The van der Waals surface area contributed by atoms with E-state index in [4.69, 9.17) is 4.74 Å². The Morgan fingerprint density at radius 1 is 0.786 bits per heavy atom. The Morgan fingerprint density at radius 3 is 1.79 bits per heavy atom. The Labute approximate surface area is 168 Å². The SMILES string of the molecule is C.CC1CCC(C(F)(F)OC2CCC(C3CC(F)C(F)C(F)C3)CC2)CC1.O.[HH].[HH]. The van der Waals surface area contributed by atoms with Gasteiger partial charge in [0.15, 0.2) is 6.17 Å². The van der Waals surface area contributed by atoms with E-state index >= 15 is 0 Å². The highest BCUT2D eigenvalue weighted by Crippen LogP contribution is 2.44. The van der Waals surface area contributed by atoms with Crippen LogP contribution in [0.5, 0.6) is 0 Å². The van der Waals surface area contributed by atoms with Crippen molar-refractivity contribution in [2.45, 2.75) is 109 Å². The van der Waals surface area contributed by atoms with Gasteiger partial charge in [0.2, 0.25) is 0 Å². The molecule has 3 saturated carbocycles. The summed E-state index contributed by atoms with van der Waals surface area (Å²) in [6.07, 6.45) is -4.06. The van der Waals surface area contributed by atoms with E-state index in [0.717, 1.165) is 12.8 Å². The van der Waals surface area contributed by atoms with Crippen LogP contribution in [-0.4, -0.2) is 36.2 Å². The molecule has 0 radical (unpaired) electrons. The van der Waals surface area contributed by atoms with E-state index in [1.54, 1.807) is 0 Å². The van der Waals surface area contributed by atoms with Gasteiger partial charge in [0.05, 0.1) is 12.0 Å². The third kappa shape index (κ3) is 6.04. The summed E-state index contributed by atoms with van der Waals surface area (Å²) in [5, 5.41) is 0. The van der Waals surface area contributed by atoms with E-state index in [1.807, 2.05) is 0 Å². The molecule has 3 aliphatic rings. The smallest absolute Gasteiger partial charge is 0.358 e. The highest BCUT2D eigenvalue weighted by molar-refractivity contribution is 4.91. The number of rotatable bonds is 4. The van der Waals surface area contributed by atoms with Crippen molar-refractivity contribution in [2.24, 2.45) is 23.7 Å². The Kier molecular flexibility index (Phi) is 9.65. The lowest BCUT2D eigenvalue weighted by Crippen LogP contribution is -2.42. The first-order chi connectivity index (χ1) is 12.3. The average Bonchev–Trinajstić information content (AvgIpc) is 2.60. The van der Waals surface area contributed by atoms with Gasteiger partial charge in [0.25, 0.3) is 0 Å². The molecule has 3 aliphatic carbocycles. The molecule has 2 unspecified atom stereocenters. The van der Waals surface area contributed by atoms with Crippen molar-refractivity contribution in [1.29, 1.82) is 0 Å². The minimum atomic E-state index is -3.09. The van der Waals surface area contributed by atoms with Gasteiger partial charge in [-0.1, -0.05) is 27.2 Å². The first-order valence-corrected chi connectivity index (χ1v) is 10.2. The molecule has 0 amide bonds. The van der Waals surface area contributed by atoms with Gasteiger partial charge in [-0.2, -0.15) is 8.78 Å². The molecule has 2 atom stereocenters. The van der Waals surface area contributed by atoms with Crippen LogP contribution in [0.1, 0.15) is 81.4 Å². The molecule has 3 rings (SSSR count). The molecular weight excluding hydrogens is 379 g/mol. The molecule has 0 aromatic heterocycles. The van der Waals surface area contributed by atoms with Gasteiger partial charge < -0.3 is 10.2 Å². The van der Waals surface area contributed by atoms with Crippen LogP contribution in [0.25, 0.3) is 0 Å². The van der Waals surface area contributed by atoms with Gasteiger partial charge in [-0.05, 0) is 69.1 Å². The predicted molar refractivity (Wildman–Crippen MR) is 105 cm³/mol. The standard InChI is InChI=1S/C20H31F5O.CH4.H2O.2H2/c1-12-2-6-15(7-3-12)20(24,25)26-16-8-4-13(5-9-16)14-10-17(21)19(23)18(22)11-14;;;;/h12-19H,2-11H2,1H3;1H4;1H2;2*1H. The number of alkyl halides is 5. The Balaban J connectivity index is 0. The Bertz CT molecular complexity index is 447. The number of ether oxygens (including phenoxy) is 1. The maximum atomic E-state index is 14.5. The zero-order valence-electron chi connectivity index (χ0n) is 16.0. The predicted octanol–water partition coefficient (Wildman–Crippen LogP) is 6.71. The molecule has 0 aromatic rings. The summed E-state index contributed by atoms with van der Waals surface area (Å²) in [6, 6.07) is 0. The van der Waals surface area contributed by atoms with Gasteiger partial charge in [0.1, 0.15) is 12.3 Å². The third-order valence-corrected chi connectivity index (χ3v) is 6.95. The quantitative estimate of drug-likeness (QED) is 0.466. The van der Waals surface area contributed by atoms with Crippen molar-refractivity contribution in [1.82, 2.24) is 0 Å². The van der Waals surface area contributed by atoms with Crippen molar-refractivity contribution < 1.29 is 35.0 Å². The van der Waals surface area contributed by atoms with Gasteiger partial charge >= 0.3 is 6.11 Å². The van der Waals surface area contributed by atoms with Crippen LogP contribution in [0.15, 0.2) is 0 Å². The Hall–Kier alpha value is -0.430. The first-order valence-electron chi connectivity index (χ1n) is 10.2. The van der Waals surface area contributed by atoms with Crippen LogP contribution in [0, 0.1) is 23.7 Å². The third-order valence-electron chi connectivity index (χ3n) is 6.95. The lowest BCUT2D eigenvalue weighted by molar-refractivity contribution is -0.302. The van der Waals surface area contributed by atoms with Crippen molar-refractivity contribution in [3.05, 3.63) is 0 Å². The largest absolute Gasteiger partial charge is 0.412 e. The van der Waals surface area contributed by atoms with Gasteiger partial charge in [0, 0.05) is 2.85 Å². The molecule has 0 spiro atoms. The summed E-state index contributed by atoms with van der Waals surface area (Å²) in [5.74, 6) is -0.289.